The van der Waals surface area contributed by atoms with Crippen molar-refractivity contribution in [2.45, 2.75) is 19.5 Å². The van der Waals surface area contributed by atoms with Gasteiger partial charge in [-0.1, -0.05) is 12.1 Å². The topological polar surface area (TPSA) is 79.4 Å². The molecule has 3 aromatic rings. The fourth-order valence-electron chi connectivity index (χ4n) is 3.94. The first-order valence-corrected chi connectivity index (χ1v) is 11.8. The first kappa shape index (κ1) is 25.6. The van der Waals surface area contributed by atoms with Gasteiger partial charge in [-0.2, -0.15) is 13.2 Å². The van der Waals surface area contributed by atoms with Crippen molar-refractivity contribution in [3.63, 3.8) is 0 Å². The van der Waals surface area contributed by atoms with Gasteiger partial charge in [0.15, 0.2) is 0 Å². The maximum Gasteiger partial charge on any atom is 0.416 e. The molecule has 2 aromatic carbocycles. The number of alkyl halides is 3. The zero-order valence-electron chi connectivity index (χ0n) is 19.9. The lowest BCUT2D eigenvalue weighted by atomic mass is 10.0. The second-order valence-electron chi connectivity index (χ2n) is 8.59. The molecule has 0 atom stereocenters. The molecule has 2 N–H and O–H groups in total. The highest BCUT2D eigenvalue weighted by atomic mass is 19.4. The predicted molar refractivity (Wildman–Crippen MR) is 132 cm³/mol. The highest BCUT2D eigenvalue weighted by Gasteiger charge is 2.30. The summed E-state index contributed by atoms with van der Waals surface area (Å²) in [5, 5.41) is 5.91. The SMILES string of the molecule is Cc1ccc(NC(=O)c2cccc(C(F)(F)F)c2)cc1-c1cnc(NCCCN2CCOCC2)nc1. The number of morpholine rings is 1. The Bertz CT molecular complexity index is 1180. The molecule has 36 heavy (non-hydrogen) atoms. The largest absolute Gasteiger partial charge is 0.416 e. The van der Waals surface area contributed by atoms with E-state index in [1.807, 2.05) is 13.0 Å². The number of halogens is 3. The Kier molecular flexibility index (Phi) is 8.17. The molecule has 2 heterocycles. The van der Waals surface area contributed by atoms with Crippen LogP contribution in [0.4, 0.5) is 24.8 Å². The average Bonchev–Trinajstić information content (AvgIpc) is 2.88. The number of carbonyl (C=O) groups excluding carboxylic acids is 1. The second kappa shape index (κ2) is 11.5. The summed E-state index contributed by atoms with van der Waals surface area (Å²) < 4.78 is 44.3. The zero-order valence-corrected chi connectivity index (χ0v) is 19.9. The predicted octanol–water partition coefficient (Wildman–Crippen LogP) is 4.86. The van der Waals surface area contributed by atoms with Gasteiger partial charge in [-0.15, -0.1) is 0 Å². The van der Waals surface area contributed by atoms with Crippen LogP contribution in [0.15, 0.2) is 54.9 Å². The van der Waals surface area contributed by atoms with Crippen LogP contribution in [0.1, 0.15) is 27.9 Å². The molecule has 0 spiro atoms. The summed E-state index contributed by atoms with van der Waals surface area (Å²) in [4.78, 5) is 23.8. The first-order chi connectivity index (χ1) is 17.3. The highest BCUT2D eigenvalue weighted by Crippen LogP contribution is 2.30. The van der Waals surface area contributed by atoms with Crippen LogP contribution in [0.2, 0.25) is 0 Å². The lowest BCUT2D eigenvalue weighted by molar-refractivity contribution is -0.137. The standard InChI is InChI=1S/C26H28F3N5O2/c1-18-6-7-22(33-24(35)19-4-2-5-21(14-19)26(27,28)29)15-23(18)20-16-31-25(32-17-20)30-8-3-9-34-10-12-36-13-11-34/h2,4-7,14-17H,3,8-13H2,1H3,(H,33,35)(H,30,31,32). The number of hydrogen-bond donors (Lipinski definition) is 2. The minimum absolute atomic E-state index is 0.0701. The zero-order chi connectivity index (χ0) is 25.5. The molecule has 0 aliphatic carbocycles. The molecule has 7 nitrogen and oxygen atoms in total. The van der Waals surface area contributed by atoms with Crippen LogP contribution in [-0.2, 0) is 10.9 Å². The van der Waals surface area contributed by atoms with Crippen molar-refractivity contribution in [3.05, 3.63) is 71.5 Å². The molecular weight excluding hydrogens is 471 g/mol. The van der Waals surface area contributed by atoms with Crippen LogP contribution >= 0.6 is 0 Å². The minimum atomic E-state index is -4.52. The number of rotatable bonds is 8. The van der Waals surface area contributed by atoms with E-state index in [2.05, 4.69) is 25.5 Å². The molecule has 0 saturated carbocycles. The monoisotopic (exact) mass is 499 g/mol. The molecular formula is C26H28F3N5O2. The lowest BCUT2D eigenvalue weighted by Crippen LogP contribution is -2.37. The Morgan fingerprint density at radius 2 is 1.83 bits per heavy atom. The van der Waals surface area contributed by atoms with Crippen molar-refractivity contribution in [2.75, 3.05) is 50.0 Å². The number of nitrogens with one attached hydrogen (secondary N) is 2. The number of hydrogen-bond acceptors (Lipinski definition) is 6. The Labute approximate surface area is 207 Å². The molecule has 1 aromatic heterocycles. The third-order valence-corrected chi connectivity index (χ3v) is 5.95. The summed E-state index contributed by atoms with van der Waals surface area (Å²) in [5.41, 5.74) is 2.05. The quantitative estimate of drug-likeness (QED) is 0.431. The van der Waals surface area contributed by atoms with Gasteiger partial charge < -0.3 is 15.4 Å². The van der Waals surface area contributed by atoms with Gasteiger partial charge in [0.2, 0.25) is 5.95 Å². The van der Waals surface area contributed by atoms with E-state index in [1.165, 1.54) is 12.1 Å². The van der Waals surface area contributed by atoms with Crippen molar-refractivity contribution >= 4 is 17.5 Å². The molecule has 1 amide bonds. The van der Waals surface area contributed by atoms with Gasteiger partial charge >= 0.3 is 6.18 Å². The number of amides is 1. The van der Waals surface area contributed by atoms with Crippen LogP contribution < -0.4 is 10.6 Å². The Hall–Kier alpha value is -3.50. The number of anilines is 2. The molecule has 0 unspecified atom stereocenters. The van der Waals surface area contributed by atoms with E-state index in [9.17, 15) is 18.0 Å². The molecule has 1 aliphatic heterocycles. The van der Waals surface area contributed by atoms with E-state index in [0.717, 1.165) is 74.6 Å². The van der Waals surface area contributed by atoms with E-state index < -0.39 is 17.6 Å². The van der Waals surface area contributed by atoms with Gasteiger partial charge in [-0.3, -0.25) is 9.69 Å². The number of aryl methyl sites for hydroxylation is 1. The van der Waals surface area contributed by atoms with Gasteiger partial charge in [-0.25, -0.2) is 9.97 Å². The molecule has 1 fully saturated rings. The van der Waals surface area contributed by atoms with Crippen molar-refractivity contribution < 1.29 is 22.7 Å². The van der Waals surface area contributed by atoms with Crippen molar-refractivity contribution in [3.8, 4) is 11.1 Å². The molecule has 1 saturated heterocycles. The summed E-state index contributed by atoms with van der Waals surface area (Å²) in [6, 6.07) is 9.63. The summed E-state index contributed by atoms with van der Waals surface area (Å²) in [7, 11) is 0. The number of carbonyl (C=O) groups is 1. The van der Waals surface area contributed by atoms with Crippen molar-refractivity contribution in [1.29, 1.82) is 0 Å². The third-order valence-electron chi connectivity index (χ3n) is 5.95. The third kappa shape index (κ3) is 6.79. The van der Waals surface area contributed by atoms with E-state index in [1.54, 1.807) is 24.5 Å². The number of benzene rings is 2. The Balaban J connectivity index is 1.37. The van der Waals surface area contributed by atoms with Gasteiger partial charge in [0.1, 0.15) is 0 Å². The lowest BCUT2D eigenvalue weighted by Gasteiger charge is -2.26. The van der Waals surface area contributed by atoms with Crippen LogP contribution in [0.25, 0.3) is 11.1 Å². The van der Waals surface area contributed by atoms with Crippen LogP contribution in [0.3, 0.4) is 0 Å². The smallest absolute Gasteiger partial charge is 0.379 e. The van der Waals surface area contributed by atoms with E-state index in [0.29, 0.717) is 11.6 Å². The number of nitrogens with zero attached hydrogens (tertiary/aromatic N) is 3. The molecule has 190 valence electrons. The summed E-state index contributed by atoms with van der Waals surface area (Å²) in [5.74, 6) is -0.0869. The van der Waals surface area contributed by atoms with E-state index >= 15 is 0 Å². The molecule has 0 radical (unpaired) electrons. The average molecular weight is 500 g/mol. The van der Waals surface area contributed by atoms with Crippen molar-refractivity contribution in [1.82, 2.24) is 14.9 Å². The molecule has 1 aliphatic rings. The molecule has 0 bridgehead atoms. The fourth-order valence-corrected chi connectivity index (χ4v) is 3.94. The minimum Gasteiger partial charge on any atom is -0.379 e. The first-order valence-electron chi connectivity index (χ1n) is 11.8. The van der Waals surface area contributed by atoms with Gasteiger partial charge in [0.05, 0.1) is 18.8 Å². The fraction of sp³-hybridized carbons (Fsp3) is 0.346. The summed E-state index contributed by atoms with van der Waals surface area (Å²) >= 11 is 0. The van der Waals surface area contributed by atoms with Gasteiger partial charge in [-0.05, 0) is 61.3 Å². The maximum absolute atomic E-state index is 13.0. The van der Waals surface area contributed by atoms with E-state index in [4.69, 9.17) is 4.74 Å². The normalized spacial score (nSPS) is 14.4. The van der Waals surface area contributed by atoms with Crippen LogP contribution in [0.5, 0.6) is 0 Å². The second-order valence-corrected chi connectivity index (χ2v) is 8.59. The van der Waals surface area contributed by atoms with Crippen LogP contribution in [-0.4, -0.2) is 60.2 Å². The molecule has 10 heteroatoms. The Morgan fingerprint density at radius 3 is 2.56 bits per heavy atom. The summed E-state index contributed by atoms with van der Waals surface area (Å²) in [6.45, 7) is 7.17. The van der Waals surface area contributed by atoms with E-state index in [-0.39, 0.29) is 5.56 Å². The molecule has 4 rings (SSSR count). The maximum atomic E-state index is 13.0. The van der Waals surface area contributed by atoms with Crippen LogP contribution in [0, 0.1) is 6.92 Å². The highest BCUT2D eigenvalue weighted by molar-refractivity contribution is 6.04. The Morgan fingerprint density at radius 1 is 1.08 bits per heavy atom. The van der Waals surface area contributed by atoms with Crippen molar-refractivity contribution in [2.24, 2.45) is 0 Å². The van der Waals surface area contributed by atoms with Gasteiger partial charge in [0, 0.05) is 48.8 Å². The number of ether oxygens (including phenoxy) is 1. The van der Waals surface area contributed by atoms with Gasteiger partial charge in [0.25, 0.3) is 5.91 Å². The summed E-state index contributed by atoms with van der Waals surface area (Å²) in [6.07, 6.45) is -0.134. The number of aromatic nitrogens is 2.